The summed E-state index contributed by atoms with van der Waals surface area (Å²) in [6.45, 7) is 14.7. The Hall–Kier alpha value is -4.12. The molecule has 0 radical (unpaired) electrons. The number of nitrogens with zero attached hydrogens (tertiary/aromatic N) is 2. The number of hydrogen-bond acceptors (Lipinski definition) is 11. The number of unbranched alkanes of at least 4 members (excludes halogenated alkanes) is 3. The maximum Gasteiger partial charge on any atom is 0.322 e. The van der Waals surface area contributed by atoms with Crippen molar-refractivity contribution in [2.45, 2.75) is 156 Å². The number of carbonyl (C=O) groups excluding carboxylic acids is 3. The van der Waals surface area contributed by atoms with Crippen molar-refractivity contribution < 1.29 is 44.0 Å². The molecule has 1 fully saturated rings. The summed E-state index contributed by atoms with van der Waals surface area (Å²) >= 11 is 1.27. The Morgan fingerprint density at radius 3 is 2.32 bits per heavy atom. The number of carboxylic acids is 2. The lowest BCUT2D eigenvalue weighted by atomic mass is 9.84. The van der Waals surface area contributed by atoms with Crippen LogP contribution in [0.4, 0.5) is 5.69 Å². The number of aromatic nitrogens is 1. The maximum absolute atomic E-state index is 14.9. The molecule has 1 saturated heterocycles. The summed E-state index contributed by atoms with van der Waals surface area (Å²) in [7, 11) is 0. The summed E-state index contributed by atoms with van der Waals surface area (Å²) in [6.07, 6.45) is 7.83. The van der Waals surface area contributed by atoms with Gasteiger partial charge < -0.3 is 46.2 Å². The van der Waals surface area contributed by atoms with Gasteiger partial charge in [0, 0.05) is 49.3 Å². The average molecular weight is 887 g/mol. The van der Waals surface area contributed by atoms with E-state index < -0.39 is 41.4 Å². The number of anilines is 1. The molecule has 0 saturated carbocycles. The van der Waals surface area contributed by atoms with Gasteiger partial charge in [0.1, 0.15) is 29.4 Å². The number of benzene rings is 1. The summed E-state index contributed by atoms with van der Waals surface area (Å²) in [5.74, 6) is -2.84. The van der Waals surface area contributed by atoms with Crippen molar-refractivity contribution >= 4 is 46.7 Å². The highest BCUT2D eigenvalue weighted by molar-refractivity contribution is 7.09. The van der Waals surface area contributed by atoms with E-state index in [1.54, 1.807) is 31.4 Å². The molecule has 62 heavy (non-hydrogen) atoms. The minimum atomic E-state index is -1.16. The molecular formula is C46H74N6O9S. The molecular weight excluding hydrogens is 813 g/mol. The molecule has 3 rings (SSSR count). The summed E-state index contributed by atoms with van der Waals surface area (Å²) < 4.78 is 6.42. The Morgan fingerprint density at radius 2 is 1.73 bits per heavy atom. The fraction of sp³-hybridized carbons (Fsp3) is 0.696. The SMILES string of the molecule is CCCCCCN(C(=O)[C@H](NC(=O)[C@@H]1CCCCN1)[C@H](C)CC)[C@@H](C[C@H](OCCCO)c1nc(C(=O)N[C@H](Cc2ccc(NCC(=O)O)cc2)CC(C)(C)C(=O)O)cs1)C(C)C. The van der Waals surface area contributed by atoms with Gasteiger partial charge in [-0.2, -0.15) is 0 Å². The van der Waals surface area contributed by atoms with Crippen LogP contribution in [0.25, 0.3) is 0 Å². The predicted molar refractivity (Wildman–Crippen MR) is 242 cm³/mol. The Bertz CT molecular complexity index is 1700. The molecule has 0 unspecified atom stereocenters. The molecule has 1 aliphatic rings. The lowest BCUT2D eigenvalue weighted by molar-refractivity contribution is -0.147. The van der Waals surface area contributed by atoms with Gasteiger partial charge in [0.25, 0.3) is 5.91 Å². The van der Waals surface area contributed by atoms with Crippen molar-refractivity contribution in [2.24, 2.45) is 17.3 Å². The van der Waals surface area contributed by atoms with Crippen LogP contribution in [0.1, 0.15) is 146 Å². The fourth-order valence-electron chi connectivity index (χ4n) is 7.75. The Balaban J connectivity index is 1.93. The van der Waals surface area contributed by atoms with Crippen molar-refractivity contribution in [3.63, 3.8) is 0 Å². The van der Waals surface area contributed by atoms with E-state index in [0.29, 0.717) is 42.9 Å². The van der Waals surface area contributed by atoms with Crippen LogP contribution in [0.3, 0.4) is 0 Å². The molecule has 2 aromatic rings. The highest BCUT2D eigenvalue weighted by Gasteiger charge is 2.38. The van der Waals surface area contributed by atoms with Gasteiger partial charge in [-0.05, 0) is 88.4 Å². The van der Waals surface area contributed by atoms with Gasteiger partial charge in [-0.1, -0.05) is 78.9 Å². The maximum atomic E-state index is 14.9. The van der Waals surface area contributed by atoms with Crippen LogP contribution < -0.4 is 21.3 Å². The van der Waals surface area contributed by atoms with Gasteiger partial charge in [-0.3, -0.25) is 24.0 Å². The molecule has 0 bridgehead atoms. The van der Waals surface area contributed by atoms with Gasteiger partial charge in [0.2, 0.25) is 11.8 Å². The number of aliphatic hydroxyl groups excluding tert-OH is 1. The largest absolute Gasteiger partial charge is 0.481 e. The van der Waals surface area contributed by atoms with Crippen molar-refractivity contribution in [3.05, 3.63) is 45.9 Å². The Kier molecular flexibility index (Phi) is 22.3. The molecule has 16 heteroatoms. The van der Waals surface area contributed by atoms with Gasteiger partial charge >= 0.3 is 11.9 Å². The first kappa shape index (κ1) is 52.2. The number of aliphatic hydroxyl groups is 1. The summed E-state index contributed by atoms with van der Waals surface area (Å²) in [4.78, 5) is 72.3. The summed E-state index contributed by atoms with van der Waals surface area (Å²) in [5.41, 5.74) is 0.431. The van der Waals surface area contributed by atoms with E-state index in [1.165, 1.54) is 11.3 Å². The second-order valence-corrected chi connectivity index (χ2v) is 18.6. The third-order valence-corrected chi connectivity index (χ3v) is 12.7. The number of carboxylic acid groups (broad SMARTS) is 2. The molecule has 348 valence electrons. The molecule has 7 N–H and O–H groups in total. The van der Waals surface area contributed by atoms with Crippen molar-refractivity contribution in [2.75, 3.05) is 38.2 Å². The van der Waals surface area contributed by atoms with Gasteiger partial charge in [0.15, 0.2) is 0 Å². The highest BCUT2D eigenvalue weighted by atomic mass is 32.1. The standard InChI is InChI=1S/C46H74N6O9S/c1-8-10-11-14-22-52(44(58)40(31(5)9-2)51-41(56)35-16-12-13-21-47-35)37(30(3)4)26-38(61-24-15-23-53)43-50-36(29-62-43)42(57)49-34(27-46(6,7)45(59)60)25-32-17-19-33(20-18-32)48-28-39(54)55/h17-20,29-31,34-35,37-38,40,47-48,53H,8-16,21-28H2,1-7H3,(H,49,57)(H,51,56)(H,54,55)(H,59,60)/t31-,34-,35+,37+,38+,40-/m1/s1. The lowest BCUT2D eigenvalue weighted by Crippen LogP contribution is -2.58. The quantitative estimate of drug-likeness (QED) is 0.0441. The molecule has 6 atom stereocenters. The molecule has 15 nitrogen and oxygen atoms in total. The topological polar surface area (TPSA) is 220 Å². The zero-order valence-electron chi connectivity index (χ0n) is 38.0. The van der Waals surface area contributed by atoms with Crippen LogP contribution in [-0.4, -0.2) is 112 Å². The van der Waals surface area contributed by atoms with Gasteiger partial charge in [-0.25, -0.2) is 4.98 Å². The lowest BCUT2D eigenvalue weighted by Gasteiger charge is -2.40. The second kappa shape index (κ2) is 26.5. The van der Waals surface area contributed by atoms with Crippen molar-refractivity contribution in [1.82, 2.24) is 25.8 Å². The number of carbonyl (C=O) groups is 5. The summed E-state index contributed by atoms with van der Waals surface area (Å²) in [6, 6.07) is 5.16. The van der Waals surface area contributed by atoms with Crippen molar-refractivity contribution in [1.29, 1.82) is 0 Å². The van der Waals surface area contributed by atoms with Crippen LogP contribution in [0, 0.1) is 17.3 Å². The van der Waals surface area contributed by atoms with Crippen LogP contribution in [-0.2, 0) is 30.3 Å². The molecule has 1 aromatic heterocycles. The molecule has 1 aliphatic heterocycles. The number of aliphatic carboxylic acids is 2. The smallest absolute Gasteiger partial charge is 0.322 e. The monoisotopic (exact) mass is 887 g/mol. The highest BCUT2D eigenvalue weighted by Crippen LogP contribution is 2.32. The van der Waals surface area contributed by atoms with E-state index in [0.717, 1.165) is 57.1 Å². The van der Waals surface area contributed by atoms with E-state index >= 15 is 0 Å². The van der Waals surface area contributed by atoms with Crippen LogP contribution in [0.2, 0.25) is 0 Å². The van der Waals surface area contributed by atoms with Crippen LogP contribution in [0.5, 0.6) is 0 Å². The van der Waals surface area contributed by atoms with E-state index in [2.05, 4.69) is 42.0 Å². The van der Waals surface area contributed by atoms with Gasteiger partial charge in [-0.15, -0.1) is 11.3 Å². The number of hydrogen-bond donors (Lipinski definition) is 7. The molecule has 3 amide bonds. The summed E-state index contributed by atoms with van der Waals surface area (Å²) in [5, 5.41) is 43.1. The Morgan fingerprint density at radius 1 is 1.00 bits per heavy atom. The van der Waals surface area contributed by atoms with Gasteiger partial charge in [0.05, 0.1) is 11.5 Å². The zero-order valence-corrected chi connectivity index (χ0v) is 38.9. The van der Waals surface area contributed by atoms with Crippen molar-refractivity contribution in [3.8, 4) is 0 Å². The number of thiazole rings is 1. The van der Waals surface area contributed by atoms with Crippen LogP contribution >= 0.6 is 11.3 Å². The zero-order chi connectivity index (χ0) is 45.8. The minimum absolute atomic E-state index is 0.00884. The van der Waals surface area contributed by atoms with Crippen LogP contribution in [0.15, 0.2) is 29.6 Å². The molecule has 0 aliphatic carbocycles. The number of piperidine rings is 1. The number of rotatable bonds is 29. The first-order valence-electron chi connectivity index (χ1n) is 22.6. The van der Waals surface area contributed by atoms with E-state index in [4.69, 9.17) is 14.8 Å². The third kappa shape index (κ3) is 16.9. The first-order valence-corrected chi connectivity index (χ1v) is 23.5. The normalized spacial score (nSPS) is 16.8. The predicted octanol–water partition coefficient (Wildman–Crippen LogP) is 6.42. The average Bonchev–Trinajstić information content (AvgIpc) is 3.74. The number of amides is 3. The van der Waals surface area contributed by atoms with E-state index in [-0.39, 0.29) is 67.6 Å². The second-order valence-electron chi connectivity index (χ2n) is 17.7. The molecule has 0 spiro atoms. The Labute approximate surface area is 372 Å². The first-order chi connectivity index (χ1) is 29.5. The minimum Gasteiger partial charge on any atom is -0.481 e. The molecule has 2 heterocycles. The fourth-order valence-corrected chi connectivity index (χ4v) is 8.61. The van der Waals surface area contributed by atoms with E-state index in [1.807, 2.05) is 30.9 Å². The number of nitrogens with one attached hydrogen (secondary N) is 4. The number of ether oxygens (including phenoxy) is 1. The third-order valence-electron chi connectivity index (χ3n) is 11.8. The molecule has 1 aromatic carbocycles. The van der Waals surface area contributed by atoms with E-state index in [9.17, 15) is 34.2 Å².